The molecule has 0 bridgehead atoms. The first-order chi connectivity index (χ1) is 13.6. The van der Waals surface area contributed by atoms with Crippen LogP contribution in [0.4, 0.5) is 0 Å². The molecule has 0 heterocycles. The van der Waals surface area contributed by atoms with Crippen molar-refractivity contribution in [2.75, 3.05) is 0 Å². The Morgan fingerprint density at radius 1 is 0.690 bits per heavy atom. The van der Waals surface area contributed by atoms with Gasteiger partial charge in [0.2, 0.25) is 0 Å². The van der Waals surface area contributed by atoms with Gasteiger partial charge in [0.15, 0.2) is 0 Å². The Labute approximate surface area is 199 Å². The van der Waals surface area contributed by atoms with Gasteiger partial charge in [-0.25, -0.2) is 12.1 Å². The molecule has 0 aliphatic rings. The maximum atomic E-state index is 3.23. The fourth-order valence-corrected chi connectivity index (χ4v) is 3.25. The van der Waals surface area contributed by atoms with E-state index in [1.807, 2.05) is 30.3 Å². The summed E-state index contributed by atoms with van der Waals surface area (Å²) in [6, 6.07) is 26.1. The first-order valence-electron chi connectivity index (χ1n) is 9.85. The molecular formula is C26H30Br2Zr. The van der Waals surface area contributed by atoms with Crippen molar-refractivity contribution in [2.45, 2.75) is 52.4 Å². The molecule has 0 spiro atoms. The normalized spacial score (nSPS) is 11.3. The van der Waals surface area contributed by atoms with Crippen molar-refractivity contribution in [3.8, 4) is 0 Å². The molecule has 0 aliphatic heterocycles. The van der Waals surface area contributed by atoms with Crippen molar-refractivity contribution in [1.29, 1.82) is 0 Å². The summed E-state index contributed by atoms with van der Waals surface area (Å²) in [6.45, 7) is 13.7. The third-order valence-corrected chi connectivity index (χ3v) is 5.00. The number of hydrogen-bond acceptors (Lipinski definition) is 0. The largest absolute Gasteiger partial charge is 0.214 e. The van der Waals surface area contributed by atoms with Crippen molar-refractivity contribution in [3.05, 3.63) is 83.9 Å². The Hall–Kier alpha value is -0.497. The van der Waals surface area contributed by atoms with Crippen LogP contribution in [0, 0.1) is 0 Å². The summed E-state index contributed by atoms with van der Waals surface area (Å²) < 4.78 is 0. The van der Waals surface area contributed by atoms with Gasteiger partial charge in [-0.3, -0.25) is 0 Å². The Morgan fingerprint density at radius 2 is 1.07 bits per heavy atom. The molecule has 0 N–H and O–H groups in total. The van der Waals surface area contributed by atoms with Gasteiger partial charge < -0.3 is 0 Å². The maximum absolute atomic E-state index is 3.23. The standard InChI is InChI=1S/C21H25.C5H5.2BrH.Zr/c1-20(2,3)16-9-7-14-11-15-8-10-17(21(4,5)6)13-19(15)18(14)12-16;1-2-4-5-3-1;;;/h7-13H,1-6H3;1-5H;2*1H;/q2*-1;;;+4/p-2. The van der Waals surface area contributed by atoms with E-state index in [9.17, 15) is 0 Å². The second-order valence-corrected chi connectivity index (χ2v) is 20.6. The molecule has 4 aromatic rings. The van der Waals surface area contributed by atoms with Crippen LogP contribution in [0.25, 0.3) is 21.5 Å². The summed E-state index contributed by atoms with van der Waals surface area (Å²) in [5.74, 6) is 0. The fourth-order valence-electron chi connectivity index (χ4n) is 3.25. The van der Waals surface area contributed by atoms with E-state index in [1.54, 1.807) is 0 Å². The van der Waals surface area contributed by atoms with E-state index in [4.69, 9.17) is 0 Å². The predicted molar refractivity (Wildman–Crippen MR) is 134 cm³/mol. The van der Waals surface area contributed by atoms with Gasteiger partial charge in [-0.15, -0.1) is 39.7 Å². The van der Waals surface area contributed by atoms with Crippen LogP contribution in [0.2, 0.25) is 0 Å². The maximum Gasteiger partial charge on any atom is -0.172 e. The second kappa shape index (κ2) is 10.7. The van der Waals surface area contributed by atoms with Gasteiger partial charge in [0, 0.05) is 0 Å². The van der Waals surface area contributed by atoms with E-state index < -0.39 is 0 Å². The summed E-state index contributed by atoms with van der Waals surface area (Å²) in [5.41, 5.74) is 3.20. The first-order valence-corrected chi connectivity index (χ1v) is 21.1. The third-order valence-electron chi connectivity index (χ3n) is 5.00. The van der Waals surface area contributed by atoms with Gasteiger partial charge in [-0.2, -0.15) is 18.2 Å². The van der Waals surface area contributed by atoms with E-state index in [2.05, 4.69) is 108 Å². The van der Waals surface area contributed by atoms with Crippen LogP contribution in [0.3, 0.4) is 0 Å². The molecule has 29 heavy (non-hydrogen) atoms. The third kappa shape index (κ3) is 7.01. The van der Waals surface area contributed by atoms with Gasteiger partial charge >= 0.3 is 43.0 Å². The van der Waals surface area contributed by atoms with E-state index in [1.165, 1.54) is 32.7 Å². The molecule has 4 aromatic carbocycles. The molecule has 3 heteroatoms. The molecule has 0 nitrogen and oxygen atoms in total. The number of fused-ring (bicyclic) bond motifs is 3. The number of benzene rings is 2. The van der Waals surface area contributed by atoms with Crippen molar-refractivity contribution in [2.24, 2.45) is 0 Å². The Bertz CT molecular complexity index is 927. The zero-order valence-corrected chi connectivity index (χ0v) is 23.8. The predicted octanol–water partition coefficient (Wildman–Crippen LogP) is 9.40. The number of halogens is 2. The van der Waals surface area contributed by atoms with Crippen molar-refractivity contribution < 1.29 is 18.5 Å². The summed E-state index contributed by atoms with van der Waals surface area (Å²) in [6.07, 6.45) is 0. The molecular weight excluding hydrogens is 563 g/mol. The minimum atomic E-state index is -0.145. The molecule has 0 atom stereocenters. The van der Waals surface area contributed by atoms with Gasteiger partial charge in [0.25, 0.3) is 0 Å². The van der Waals surface area contributed by atoms with Gasteiger partial charge in [0.1, 0.15) is 0 Å². The van der Waals surface area contributed by atoms with Crippen LogP contribution in [0.1, 0.15) is 52.7 Å². The van der Waals surface area contributed by atoms with Crippen LogP contribution in [0.15, 0.2) is 72.8 Å². The summed E-state index contributed by atoms with van der Waals surface area (Å²) in [5, 5.41) is 5.49. The van der Waals surface area contributed by atoms with Gasteiger partial charge in [-0.05, 0) is 10.8 Å². The Morgan fingerprint density at radius 3 is 1.34 bits per heavy atom. The monoisotopic (exact) mass is 590 g/mol. The number of hydrogen-bond donors (Lipinski definition) is 0. The minimum absolute atomic E-state index is 0.145. The van der Waals surface area contributed by atoms with Crippen molar-refractivity contribution in [3.63, 3.8) is 0 Å². The molecule has 0 aliphatic carbocycles. The van der Waals surface area contributed by atoms with E-state index in [0.29, 0.717) is 0 Å². The SMILES string of the molecule is CC(C)(C)c1ccc2[cH-]c3ccc(C(C)(C)C)cc3c2c1.[Br][Zr+2][Br].c1cc[cH-]c1. The Balaban J connectivity index is 0.000000316. The van der Waals surface area contributed by atoms with Crippen LogP contribution in [-0.2, 0) is 29.4 Å². The molecule has 0 saturated carbocycles. The van der Waals surface area contributed by atoms with E-state index >= 15 is 0 Å². The van der Waals surface area contributed by atoms with Gasteiger partial charge in [0.05, 0.1) is 0 Å². The van der Waals surface area contributed by atoms with E-state index in [-0.39, 0.29) is 29.4 Å². The van der Waals surface area contributed by atoms with Crippen LogP contribution in [0.5, 0.6) is 0 Å². The topological polar surface area (TPSA) is 0 Å². The molecule has 0 amide bonds. The van der Waals surface area contributed by atoms with Crippen molar-refractivity contribution >= 4 is 46.0 Å². The van der Waals surface area contributed by atoms with Crippen LogP contribution >= 0.6 is 24.4 Å². The Kier molecular flexibility index (Phi) is 9.13. The summed E-state index contributed by atoms with van der Waals surface area (Å²) >= 11 is 6.32. The molecule has 4 rings (SSSR count). The zero-order valence-electron chi connectivity index (χ0n) is 18.2. The average Bonchev–Trinajstić information content (AvgIpc) is 3.31. The first kappa shape index (κ1) is 24.8. The van der Waals surface area contributed by atoms with Crippen LogP contribution < -0.4 is 0 Å². The molecule has 0 radical (unpaired) electrons. The minimum Gasteiger partial charge on any atom is -0.214 e. The molecule has 0 fully saturated rings. The molecule has 0 unspecified atom stereocenters. The molecule has 0 saturated heterocycles. The summed E-state index contributed by atoms with van der Waals surface area (Å²) in [7, 11) is 0. The quantitative estimate of drug-likeness (QED) is 0.178. The number of rotatable bonds is 0. The summed E-state index contributed by atoms with van der Waals surface area (Å²) in [4.78, 5) is 0. The zero-order chi connectivity index (χ0) is 21.7. The van der Waals surface area contributed by atoms with E-state index in [0.717, 1.165) is 0 Å². The molecule has 152 valence electrons. The second-order valence-electron chi connectivity index (χ2n) is 9.28. The fraction of sp³-hybridized carbons (Fsp3) is 0.308. The smallest absolute Gasteiger partial charge is 0.172 e. The average molecular weight is 594 g/mol. The van der Waals surface area contributed by atoms with Crippen LogP contribution in [-0.4, -0.2) is 0 Å². The van der Waals surface area contributed by atoms with Crippen molar-refractivity contribution in [1.82, 2.24) is 0 Å². The van der Waals surface area contributed by atoms with Gasteiger partial charge in [-0.1, -0.05) is 76.9 Å². The molecule has 0 aromatic heterocycles.